The van der Waals surface area contributed by atoms with Crippen molar-refractivity contribution in [2.24, 2.45) is 0 Å². The second-order valence-electron chi connectivity index (χ2n) is 8.08. The van der Waals surface area contributed by atoms with E-state index < -0.39 is 18.0 Å². The summed E-state index contributed by atoms with van der Waals surface area (Å²) in [4.78, 5) is 45.2. The number of carbonyl (C=O) groups is 3. The Balaban J connectivity index is 2.07. The molecular weight excluding hydrogens is 410 g/mol. The quantitative estimate of drug-likeness (QED) is 0.397. The van der Waals surface area contributed by atoms with Gasteiger partial charge in [0.15, 0.2) is 0 Å². The first-order valence-electron chi connectivity index (χ1n) is 10.4. The van der Waals surface area contributed by atoms with E-state index in [1.165, 1.54) is 11.2 Å². The summed E-state index contributed by atoms with van der Waals surface area (Å²) < 4.78 is 0. The van der Waals surface area contributed by atoms with Crippen LogP contribution in [-0.2, 0) is 21.4 Å². The number of nitrogens with one attached hydrogen (secondary N) is 3. The van der Waals surface area contributed by atoms with Crippen LogP contribution in [0.3, 0.4) is 0 Å². The van der Waals surface area contributed by atoms with Gasteiger partial charge in [0.2, 0.25) is 11.8 Å². The minimum Gasteiger partial charge on any atom is -0.465 e. The lowest BCUT2D eigenvalue weighted by Crippen LogP contribution is -2.52. The predicted molar refractivity (Wildman–Crippen MR) is 121 cm³/mol. The first kappa shape index (κ1) is 24.6. The average molecular weight is 442 g/mol. The molecule has 2 rings (SSSR count). The molecule has 0 bridgehead atoms. The summed E-state index contributed by atoms with van der Waals surface area (Å²) in [5.74, 6) is -0.813. The van der Waals surface area contributed by atoms with Gasteiger partial charge in [-0.3, -0.25) is 9.59 Å². The van der Waals surface area contributed by atoms with Gasteiger partial charge >= 0.3 is 6.09 Å². The number of benzene rings is 1. The second-order valence-corrected chi connectivity index (χ2v) is 8.08. The van der Waals surface area contributed by atoms with Gasteiger partial charge in [-0.1, -0.05) is 56.3 Å². The van der Waals surface area contributed by atoms with Gasteiger partial charge < -0.3 is 25.6 Å². The fraction of sp³-hybridized carbons (Fsp3) is 0.391. The number of hydrogen-bond acceptors (Lipinski definition) is 4. The smallest absolute Gasteiger partial charge is 0.405 e. The summed E-state index contributed by atoms with van der Waals surface area (Å²) in [6, 6.07) is 8.79. The number of H-pyrrole nitrogens is 1. The summed E-state index contributed by atoms with van der Waals surface area (Å²) in [7, 11) is 0. The van der Waals surface area contributed by atoms with Crippen LogP contribution in [0.2, 0.25) is 0 Å². The number of carboxylic acid groups (broad SMARTS) is 1. The topological polar surface area (TPSA) is 127 Å². The predicted octanol–water partition coefficient (Wildman–Crippen LogP) is 2.09. The van der Waals surface area contributed by atoms with Gasteiger partial charge in [-0.25, -0.2) is 9.78 Å². The number of nitrogens with zero attached hydrogens (tertiary/aromatic N) is 2. The van der Waals surface area contributed by atoms with Crippen molar-refractivity contribution in [3.8, 4) is 0 Å². The molecule has 9 heteroatoms. The number of hydrogen-bond donors (Lipinski definition) is 4. The van der Waals surface area contributed by atoms with E-state index in [4.69, 9.17) is 0 Å². The van der Waals surface area contributed by atoms with E-state index >= 15 is 0 Å². The molecule has 1 atom stereocenters. The molecule has 1 unspecified atom stereocenters. The lowest BCUT2D eigenvalue weighted by molar-refractivity contribution is -0.137. The zero-order valence-corrected chi connectivity index (χ0v) is 18.7. The van der Waals surface area contributed by atoms with Crippen molar-refractivity contribution < 1.29 is 19.5 Å². The van der Waals surface area contributed by atoms with E-state index in [0.717, 1.165) is 5.56 Å². The summed E-state index contributed by atoms with van der Waals surface area (Å²) in [6.07, 6.45) is 5.31. The molecule has 0 fully saturated rings. The van der Waals surface area contributed by atoms with Crippen LogP contribution in [0.25, 0.3) is 0 Å². The zero-order valence-electron chi connectivity index (χ0n) is 18.7. The number of carbonyl (C=O) groups excluding carboxylic acids is 2. The molecule has 0 spiro atoms. The minimum absolute atomic E-state index is 0.0730. The highest BCUT2D eigenvalue weighted by atomic mass is 16.4. The lowest BCUT2D eigenvalue weighted by atomic mass is 9.84. The fourth-order valence-corrected chi connectivity index (χ4v) is 3.19. The molecule has 0 saturated heterocycles. The van der Waals surface area contributed by atoms with Crippen LogP contribution in [0, 0.1) is 0 Å². The Labute approximate surface area is 187 Å². The Bertz CT molecular complexity index is 910. The van der Waals surface area contributed by atoms with E-state index in [-0.39, 0.29) is 30.8 Å². The summed E-state index contributed by atoms with van der Waals surface area (Å²) in [5.41, 5.74) is 1.34. The molecule has 1 heterocycles. The largest absolute Gasteiger partial charge is 0.465 e. The van der Waals surface area contributed by atoms with Crippen LogP contribution in [-0.4, -0.2) is 63.6 Å². The van der Waals surface area contributed by atoms with Crippen molar-refractivity contribution >= 4 is 17.9 Å². The van der Waals surface area contributed by atoms with Crippen molar-refractivity contribution in [2.75, 3.05) is 19.6 Å². The highest BCUT2D eigenvalue weighted by Gasteiger charge is 2.28. The van der Waals surface area contributed by atoms with Gasteiger partial charge in [0.05, 0.1) is 18.6 Å². The number of allylic oxidation sites excluding steroid dienone is 1. The zero-order chi connectivity index (χ0) is 23.6. The van der Waals surface area contributed by atoms with E-state index in [1.807, 2.05) is 51.1 Å². The first-order valence-corrected chi connectivity index (χ1v) is 10.4. The molecule has 0 aliphatic carbocycles. The van der Waals surface area contributed by atoms with Gasteiger partial charge in [0.25, 0.3) is 0 Å². The SMILES string of the molecule is C/C=C/CN(CC(=O)NCC(C)(C)c1ccccc1)C(=O)C(Cc1c[nH]cn1)NC(=O)O. The standard InChI is InChI=1S/C23H31N5O4/c1-4-5-11-28(21(30)19(27-22(31)32)12-18-13-24-16-26-18)14-20(29)25-15-23(2,3)17-9-7-6-8-10-17/h4-10,13,16,19,27H,11-12,14-15H2,1-3H3,(H,24,26)(H,25,29)(H,31,32)/b5-4+. The number of amides is 3. The van der Waals surface area contributed by atoms with Crippen LogP contribution >= 0.6 is 0 Å². The Hall–Kier alpha value is -3.62. The van der Waals surface area contributed by atoms with Crippen LogP contribution in [0.15, 0.2) is 55.0 Å². The maximum atomic E-state index is 13.1. The molecule has 0 radical (unpaired) electrons. The first-order chi connectivity index (χ1) is 15.2. The Morgan fingerprint density at radius 2 is 1.97 bits per heavy atom. The number of aromatic amines is 1. The van der Waals surface area contributed by atoms with Crippen molar-refractivity contribution in [1.82, 2.24) is 25.5 Å². The molecular formula is C23H31N5O4. The van der Waals surface area contributed by atoms with Crippen LogP contribution in [0.4, 0.5) is 4.79 Å². The molecule has 0 aliphatic heterocycles. The van der Waals surface area contributed by atoms with Gasteiger partial charge in [-0.15, -0.1) is 0 Å². The van der Waals surface area contributed by atoms with Crippen molar-refractivity contribution in [2.45, 2.75) is 38.6 Å². The Kier molecular flexibility index (Phi) is 9.00. The van der Waals surface area contributed by atoms with Gasteiger partial charge in [0.1, 0.15) is 6.04 Å². The molecule has 4 N–H and O–H groups in total. The average Bonchev–Trinajstić information content (AvgIpc) is 3.28. The molecule has 3 amide bonds. The van der Waals surface area contributed by atoms with Crippen molar-refractivity contribution in [1.29, 1.82) is 0 Å². The monoisotopic (exact) mass is 441 g/mol. The van der Waals surface area contributed by atoms with Crippen molar-refractivity contribution in [3.05, 3.63) is 66.3 Å². The lowest BCUT2D eigenvalue weighted by Gasteiger charge is -2.28. The van der Waals surface area contributed by atoms with E-state index in [2.05, 4.69) is 20.6 Å². The molecule has 172 valence electrons. The fourth-order valence-electron chi connectivity index (χ4n) is 3.19. The summed E-state index contributed by atoms with van der Waals surface area (Å²) >= 11 is 0. The van der Waals surface area contributed by atoms with Gasteiger partial charge in [0, 0.05) is 31.1 Å². The Morgan fingerprint density at radius 3 is 2.56 bits per heavy atom. The number of rotatable bonds is 11. The third-order valence-electron chi connectivity index (χ3n) is 5.05. The third-order valence-corrected chi connectivity index (χ3v) is 5.05. The minimum atomic E-state index is -1.32. The summed E-state index contributed by atoms with van der Waals surface area (Å²) in [5, 5.41) is 14.3. The number of imidazole rings is 1. The highest BCUT2D eigenvalue weighted by molar-refractivity contribution is 5.89. The maximum absolute atomic E-state index is 13.1. The molecule has 32 heavy (non-hydrogen) atoms. The highest BCUT2D eigenvalue weighted by Crippen LogP contribution is 2.21. The maximum Gasteiger partial charge on any atom is 0.405 e. The summed E-state index contributed by atoms with van der Waals surface area (Å²) in [6.45, 7) is 6.26. The third kappa shape index (κ3) is 7.57. The van der Waals surface area contributed by atoms with E-state index in [0.29, 0.717) is 12.2 Å². The molecule has 1 aromatic carbocycles. The van der Waals surface area contributed by atoms with Crippen LogP contribution < -0.4 is 10.6 Å². The molecule has 0 aliphatic rings. The molecule has 9 nitrogen and oxygen atoms in total. The molecule has 0 saturated carbocycles. The number of aromatic nitrogens is 2. The second kappa shape index (κ2) is 11.7. The van der Waals surface area contributed by atoms with Gasteiger partial charge in [-0.05, 0) is 12.5 Å². The molecule has 2 aromatic rings. The van der Waals surface area contributed by atoms with Crippen molar-refractivity contribution in [3.63, 3.8) is 0 Å². The van der Waals surface area contributed by atoms with E-state index in [1.54, 1.807) is 18.3 Å². The van der Waals surface area contributed by atoms with Gasteiger partial charge in [-0.2, -0.15) is 0 Å². The van der Waals surface area contributed by atoms with Crippen LogP contribution in [0.5, 0.6) is 0 Å². The normalized spacial score (nSPS) is 12.3. The van der Waals surface area contributed by atoms with Crippen LogP contribution in [0.1, 0.15) is 32.0 Å². The Morgan fingerprint density at radius 1 is 1.25 bits per heavy atom. The van der Waals surface area contributed by atoms with E-state index in [9.17, 15) is 19.5 Å². The molecule has 1 aromatic heterocycles.